The summed E-state index contributed by atoms with van der Waals surface area (Å²) < 4.78 is 5.49. The number of morpholine rings is 1. The second-order valence-electron chi connectivity index (χ2n) is 8.42. The van der Waals surface area contributed by atoms with E-state index in [0.717, 1.165) is 79.1 Å². The number of rotatable bonds is 3. The molecule has 1 atom stereocenters. The molecule has 7 heteroatoms. The Morgan fingerprint density at radius 3 is 2.71 bits per heavy atom. The van der Waals surface area contributed by atoms with Gasteiger partial charge >= 0.3 is 0 Å². The van der Waals surface area contributed by atoms with Gasteiger partial charge in [0.1, 0.15) is 5.82 Å². The summed E-state index contributed by atoms with van der Waals surface area (Å²) >= 11 is 0. The zero-order valence-corrected chi connectivity index (χ0v) is 17.4. The number of ether oxygens (including phenoxy) is 1. The lowest BCUT2D eigenvalue weighted by atomic mass is 10.1. The lowest BCUT2D eigenvalue weighted by molar-refractivity contribution is 0.122. The molecule has 2 aliphatic rings. The van der Waals surface area contributed by atoms with Crippen LogP contribution in [0.1, 0.15) is 6.42 Å². The number of fused-ring (bicyclic) bond motifs is 2. The number of benzene rings is 2. The zero-order chi connectivity index (χ0) is 20.8. The van der Waals surface area contributed by atoms with Gasteiger partial charge in [-0.3, -0.25) is 4.98 Å². The predicted molar refractivity (Wildman–Crippen MR) is 125 cm³/mol. The molecule has 0 amide bonds. The molecule has 158 valence electrons. The zero-order valence-electron chi connectivity index (χ0n) is 17.4. The maximum atomic E-state index is 6.25. The number of pyridine rings is 1. The molecule has 2 aliphatic heterocycles. The minimum Gasteiger partial charge on any atom is -0.378 e. The Morgan fingerprint density at radius 2 is 1.87 bits per heavy atom. The molecule has 2 saturated heterocycles. The Hall–Kier alpha value is -3.16. The quantitative estimate of drug-likeness (QED) is 0.536. The first-order chi connectivity index (χ1) is 15.3. The van der Waals surface area contributed by atoms with Gasteiger partial charge in [0.2, 0.25) is 0 Å². The third-order valence-corrected chi connectivity index (χ3v) is 6.38. The van der Waals surface area contributed by atoms with Crippen LogP contribution in [-0.2, 0) is 4.74 Å². The predicted octanol–water partition coefficient (Wildman–Crippen LogP) is 3.15. The van der Waals surface area contributed by atoms with Gasteiger partial charge in [-0.2, -0.15) is 0 Å². The molecule has 0 saturated carbocycles. The Kier molecular flexibility index (Phi) is 4.51. The molecular weight excluding hydrogens is 388 g/mol. The highest BCUT2D eigenvalue weighted by atomic mass is 16.5. The highest BCUT2D eigenvalue weighted by Gasteiger charge is 2.25. The lowest BCUT2D eigenvalue weighted by Crippen LogP contribution is -2.36. The standard InChI is InChI=1S/C24H26N6O/c25-16-7-8-30(15-16)23-18-3-1-2-4-20(18)26-14-19(23)24-27-21-6-5-17(13-22(21)28-24)29-9-11-31-12-10-29/h1-6,13-14,16H,7-12,15,25H2,(H,27,28). The Balaban J connectivity index is 1.46. The van der Waals surface area contributed by atoms with Crippen LogP contribution >= 0.6 is 0 Å². The van der Waals surface area contributed by atoms with Gasteiger partial charge in [-0.1, -0.05) is 18.2 Å². The molecule has 31 heavy (non-hydrogen) atoms. The average molecular weight is 415 g/mol. The first kappa shape index (κ1) is 18.6. The number of H-pyrrole nitrogens is 1. The number of hydrogen-bond donors (Lipinski definition) is 2. The molecule has 2 aromatic heterocycles. The van der Waals surface area contributed by atoms with Gasteiger partial charge < -0.3 is 25.3 Å². The lowest BCUT2D eigenvalue weighted by Gasteiger charge is -2.28. The number of aromatic amines is 1. The van der Waals surface area contributed by atoms with Gasteiger partial charge in [0.15, 0.2) is 0 Å². The van der Waals surface area contributed by atoms with Crippen LogP contribution in [0.5, 0.6) is 0 Å². The summed E-state index contributed by atoms with van der Waals surface area (Å²) in [6, 6.07) is 14.9. The summed E-state index contributed by atoms with van der Waals surface area (Å²) in [5, 5.41) is 1.14. The van der Waals surface area contributed by atoms with Crippen molar-refractivity contribution in [3.05, 3.63) is 48.7 Å². The highest BCUT2D eigenvalue weighted by molar-refractivity contribution is 6.00. The van der Waals surface area contributed by atoms with E-state index < -0.39 is 0 Å². The Labute approximate surface area is 180 Å². The van der Waals surface area contributed by atoms with Crippen LogP contribution in [0, 0.1) is 0 Å². The largest absolute Gasteiger partial charge is 0.378 e. The van der Waals surface area contributed by atoms with Crippen LogP contribution in [0.4, 0.5) is 11.4 Å². The second kappa shape index (κ2) is 7.51. The molecular formula is C24H26N6O. The number of nitrogens with zero attached hydrogens (tertiary/aromatic N) is 4. The summed E-state index contributed by atoms with van der Waals surface area (Å²) in [5.74, 6) is 0.850. The van der Waals surface area contributed by atoms with Crippen LogP contribution in [0.25, 0.3) is 33.3 Å². The summed E-state index contributed by atoms with van der Waals surface area (Å²) in [6.07, 6.45) is 2.95. The van der Waals surface area contributed by atoms with Gasteiger partial charge in [-0.25, -0.2) is 4.98 Å². The molecule has 6 rings (SSSR count). The van der Waals surface area contributed by atoms with E-state index >= 15 is 0 Å². The topological polar surface area (TPSA) is 83.3 Å². The van der Waals surface area contributed by atoms with Crippen LogP contribution < -0.4 is 15.5 Å². The summed E-state index contributed by atoms with van der Waals surface area (Å²) in [5.41, 5.74) is 12.6. The molecule has 0 radical (unpaired) electrons. The van der Waals surface area contributed by atoms with Crippen molar-refractivity contribution >= 4 is 33.3 Å². The Morgan fingerprint density at radius 1 is 1.00 bits per heavy atom. The number of para-hydroxylation sites is 1. The van der Waals surface area contributed by atoms with Crippen LogP contribution in [0.3, 0.4) is 0 Å². The fourth-order valence-corrected chi connectivity index (χ4v) is 4.77. The smallest absolute Gasteiger partial charge is 0.142 e. The summed E-state index contributed by atoms with van der Waals surface area (Å²) in [7, 11) is 0. The molecule has 1 unspecified atom stereocenters. The SMILES string of the molecule is NC1CCN(c2c(-c3nc4ccc(N5CCOCC5)cc4[nH]3)cnc3ccccc23)C1. The summed E-state index contributed by atoms with van der Waals surface area (Å²) in [4.78, 5) is 18.0. The minimum absolute atomic E-state index is 0.200. The average Bonchev–Trinajstić information content (AvgIpc) is 3.44. The van der Waals surface area contributed by atoms with E-state index in [9.17, 15) is 0 Å². The van der Waals surface area contributed by atoms with Gasteiger partial charge in [0, 0.05) is 49.5 Å². The van der Waals surface area contributed by atoms with Gasteiger partial charge in [0.05, 0.1) is 41.0 Å². The van der Waals surface area contributed by atoms with E-state index in [-0.39, 0.29) is 6.04 Å². The number of nitrogens with one attached hydrogen (secondary N) is 1. The molecule has 7 nitrogen and oxygen atoms in total. The molecule has 2 fully saturated rings. The van der Waals surface area contributed by atoms with Crippen molar-refractivity contribution in [2.45, 2.75) is 12.5 Å². The number of imidazole rings is 1. The summed E-state index contributed by atoms with van der Waals surface area (Å²) in [6.45, 7) is 5.18. The van der Waals surface area contributed by atoms with Crippen molar-refractivity contribution in [1.82, 2.24) is 15.0 Å². The highest BCUT2D eigenvalue weighted by Crippen LogP contribution is 2.37. The van der Waals surface area contributed by atoms with Crippen molar-refractivity contribution in [3.8, 4) is 11.4 Å². The second-order valence-corrected chi connectivity index (χ2v) is 8.42. The van der Waals surface area contributed by atoms with E-state index in [2.05, 4.69) is 51.2 Å². The maximum Gasteiger partial charge on any atom is 0.142 e. The molecule has 4 heterocycles. The third-order valence-electron chi connectivity index (χ3n) is 6.38. The van der Waals surface area contributed by atoms with Crippen molar-refractivity contribution in [3.63, 3.8) is 0 Å². The molecule has 0 aliphatic carbocycles. The number of hydrogen-bond acceptors (Lipinski definition) is 6. The van der Waals surface area contributed by atoms with E-state index in [4.69, 9.17) is 20.4 Å². The van der Waals surface area contributed by atoms with Crippen molar-refractivity contribution in [2.75, 3.05) is 49.2 Å². The third kappa shape index (κ3) is 3.30. The van der Waals surface area contributed by atoms with Gasteiger partial charge in [-0.05, 0) is 30.7 Å². The Bertz CT molecular complexity index is 1250. The van der Waals surface area contributed by atoms with Gasteiger partial charge in [-0.15, -0.1) is 0 Å². The number of aromatic nitrogens is 3. The van der Waals surface area contributed by atoms with Crippen LogP contribution in [-0.4, -0.2) is 60.4 Å². The molecule has 3 N–H and O–H groups in total. The van der Waals surface area contributed by atoms with Crippen molar-refractivity contribution in [2.24, 2.45) is 5.73 Å². The van der Waals surface area contributed by atoms with Crippen LogP contribution in [0.15, 0.2) is 48.7 Å². The maximum absolute atomic E-state index is 6.25. The van der Waals surface area contributed by atoms with Crippen LogP contribution in [0.2, 0.25) is 0 Å². The fraction of sp³-hybridized carbons (Fsp3) is 0.333. The monoisotopic (exact) mass is 414 g/mol. The number of anilines is 2. The van der Waals surface area contributed by atoms with Gasteiger partial charge in [0.25, 0.3) is 0 Å². The van der Waals surface area contributed by atoms with Crippen molar-refractivity contribution < 1.29 is 4.74 Å². The molecule has 0 spiro atoms. The first-order valence-corrected chi connectivity index (χ1v) is 11.0. The van der Waals surface area contributed by atoms with E-state index in [1.54, 1.807) is 0 Å². The van der Waals surface area contributed by atoms with E-state index in [0.29, 0.717) is 0 Å². The van der Waals surface area contributed by atoms with E-state index in [1.165, 1.54) is 11.4 Å². The first-order valence-electron chi connectivity index (χ1n) is 11.0. The molecule has 0 bridgehead atoms. The van der Waals surface area contributed by atoms with Crippen molar-refractivity contribution in [1.29, 1.82) is 0 Å². The molecule has 4 aromatic rings. The minimum atomic E-state index is 0.200. The fourth-order valence-electron chi connectivity index (χ4n) is 4.77. The molecule has 2 aromatic carbocycles. The van der Waals surface area contributed by atoms with E-state index in [1.807, 2.05) is 12.3 Å². The normalized spacial score (nSPS) is 19.6. The number of nitrogens with two attached hydrogens (primary N) is 1.